The fourth-order valence-corrected chi connectivity index (χ4v) is 1.14. The second-order valence-electron chi connectivity index (χ2n) is 1.66. The molecule has 0 radical (unpaired) electrons. The van der Waals surface area contributed by atoms with Crippen LogP contribution in [0.2, 0.25) is 0 Å². The number of hydrogen-bond acceptors (Lipinski definition) is 5. The molecule has 0 aliphatic heterocycles. The van der Waals surface area contributed by atoms with Crippen molar-refractivity contribution in [3.05, 3.63) is 0 Å². The third kappa shape index (κ3) is 4.68. The smallest absolute Gasteiger partial charge is 0.268 e. The van der Waals surface area contributed by atoms with Crippen LogP contribution in [-0.2, 0) is 14.3 Å². The second-order valence-corrected chi connectivity index (χ2v) is 3.42. The van der Waals surface area contributed by atoms with Crippen molar-refractivity contribution in [3.63, 3.8) is 0 Å². The van der Waals surface area contributed by atoms with Gasteiger partial charge in [0.25, 0.3) is 10.1 Å². The Morgan fingerprint density at radius 2 is 1.80 bits per heavy atom. The van der Waals surface area contributed by atoms with Crippen LogP contribution in [0.5, 0.6) is 0 Å². The molecule has 0 atom stereocenters. The first-order valence-electron chi connectivity index (χ1n) is 2.89. The summed E-state index contributed by atoms with van der Waals surface area (Å²) in [7, 11) is -3.40. The Balaban J connectivity index is 3.65. The van der Waals surface area contributed by atoms with E-state index in [4.69, 9.17) is 11.5 Å². The monoisotopic (exact) mass is 168 g/mol. The molecule has 0 heterocycles. The number of rotatable bonds is 5. The molecule has 0 rings (SSSR count). The molecule has 62 valence electrons. The molecule has 0 aromatic rings. The molecular formula is C4H12N2O3S. The molecule has 4 N–H and O–H groups in total. The number of hydrogen-bond donors (Lipinski definition) is 2. The molecule has 0 saturated carbocycles. The Morgan fingerprint density at radius 1 is 1.20 bits per heavy atom. The van der Waals surface area contributed by atoms with Gasteiger partial charge in [-0.15, -0.1) is 0 Å². The van der Waals surface area contributed by atoms with Crippen LogP contribution in [-0.4, -0.2) is 33.9 Å². The molecule has 6 heteroatoms. The summed E-state index contributed by atoms with van der Waals surface area (Å²) in [6.07, 6.45) is 0. The molecule has 10 heavy (non-hydrogen) atoms. The predicted octanol–water partition coefficient (Wildman–Crippen LogP) is -1.75. The van der Waals surface area contributed by atoms with Crippen molar-refractivity contribution in [3.8, 4) is 0 Å². The maximum Gasteiger partial charge on any atom is 0.268 e. The summed E-state index contributed by atoms with van der Waals surface area (Å²) in [6, 6.07) is 0. The predicted molar refractivity (Wildman–Crippen MR) is 37.8 cm³/mol. The summed E-state index contributed by atoms with van der Waals surface area (Å²) < 4.78 is 25.6. The van der Waals surface area contributed by atoms with E-state index in [2.05, 4.69) is 4.18 Å². The van der Waals surface area contributed by atoms with Gasteiger partial charge < -0.3 is 11.5 Å². The van der Waals surface area contributed by atoms with Gasteiger partial charge in [0.1, 0.15) is 0 Å². The molecule has 0 aromatic carbocycles. The van der Waals surface area contributed by atoms with Crippen molar-refractivity contribution >= 4 is 10.1 Å². The zero-order valence-corrected chi connectivity index (χ0v) is 6.43. The molecule has 0 bridgehead atoms. The lowest BCUT2D eigenvalue weighted by atomic mass is 10.8. The van der Waals surface area contributed by atoms with Crippen LogP contribution >= 0.6 is 0 Å². The van der Waals surface area contributed by atoms with Gasteiger partial charge >= 0.3 is 0 Å². The Labute approximate surface area is 60.5 Å². The molecule has 0 aliphatic rings. The highest BCUT2D eigenvalue weighted by Crippen LogP contribution is 1.89. The van der Waals surface area contributed by atoms with E-state index in [9.17, 15) is 8.42 Å². The van der Waals surface area contributed by atoms with Gasteiger partial charge in [-0.2, -0.15) is 8.42 Å². The second kappa shape index (κ2) is 4.62. The van der Waals surface area contributed by atoms with Crippen LogP contribution in [0.3, 0.4) is 0 Å². The minimum absolute atomic E-state index is 0.0301. The maximum absolute atomic E-state index is 10.6. The Hall–Kier alpha value is -0.170. The van der Waals surface area contributed by atoms with E-state index in [-0.39, 0.29) is 25.4 Å². The van der Waals surface area contributed by atoms with Gasteiger partial charge in [0.2, 0.25) is 0 Å². The molecule has 0 unspecified atom stereocenters. The van der Waals surface area contributed by atoms with Crippen LogP contribution in [0.4, 0.5) is 0 Å². The molecule has 0 amide bonds. The highest BCUT2D eigenvalue weighted by atomic mass is 32.2. The third-order valence-corrected chi connectivity index (χ3v) is 2.01. The molecule has 0 aliphatic carbocycles. The van der Waals surface area contributed by atoms with Crippen LogP contribution in [0.1, 0.15) is 0 Å². The largest absolute Gasteiger partial charge is 0.329 e. The Morgan fingerprint density at radius 3 is 2.20 bits per heavy atom. The fourth-order valence-electron chi connectivity index (χ4n) is 0.378. The minimum atomic E-state index is -3.40. The molecule has 0 fully saturated rings. The lowest BCUT2D eigenvalue weighted by Crippen LogP contribution is -2.20. The summed E-state index contributed by atoms with van der Waals surface area (Å²) in [6.45, 7) is 0.305. The fraction of sp³-hybridized carbons (Fsp3) is 1.00. The van der Waals surface area contributed by atoms with Gasteiger partial charge in [-0.05, 0) is 0 Å². The maximum atomic E-state index is 10.6. The molecule has 5 nitrogen and oxygen atoms in total. The lowest BCUT2D eigenvalue weighted by molar-refractivity contribution is 0.328. The van der Waals surface area contributed by atoms with E-state index in [1.807, 2.05) is 0 Å². The lowest BCUT2D eigenvalue weighted by Gasteiger charge is -2.00. The van der Waals surface area contributed by atoms with E-state index in [1.54, 1.807) is 0 Å². The van der Waals surface area contributed by atoms with E-state index < -0.39 is 10.1 Å². The Kier molecular flexibility index (Phi) is 4.54. The van der Waals surface area contributed by atoms with Crippen molar-refractivity contribution in [2.24, 2.45) is 11.5 Å². The van der Waals surface area contributed by atoms with Crippen LogP contribution in [0, 0.1) is 0 Å². The van der Waals surface area contributed by atoms with Crippen LogP contribution in [0.15, 0.2) is 0 Å². The first-order chi connectivity index (χ1) is 4.62. The van der Waals surface area contributed by atoms with Crippen LogP contribution < -0.4 is 11.5 Å². The summed E-state index contributed by atoms with van der Waals surface area (Å²) >= 11 is 0. The Bertz CT molecular complexity index is 165. The summed E-state index contributed by atoms with van der Waals surface area (Å²) in [5.41, 5.74) is 10.0. The normalized spacial score (nSPS) is 11.8. The molecule has 0 saturated heterocycles. The highest BCUT2D eigenvalue weighted by Gasteiger charge is 2.07. The average molecular weight is 168 g/mol. The van der Waals surface area contributed by atoms with E-state index in [0.29, 0.717) is 0 Å². The van der Waals surface area contributed by atoms with E-state index in [0.717, 1.165) is 0 Å². The zero-order valence-electron chi connectivity index (χ0n) is 5.62. The van der Waals surface area contributed by atoms with Gasteiger partial charge in [0.05, 0.1) is 12.4 Å². The van der Waals surface area contributed by atoms with Gasteiger partial charge in [-0.1, -0.05) is 0 Å². The minimum Gasteiger partial charge on any atom is -0.329 e. The van der Waals surface area contributed by atoms with Crippen molar-refractivity contribution in [1.82, 2.24) is 0 Å². The summed E-state index contributed by atoms with van der Waals surface area (Å²) in [5.74, 6) is -0.146. The summed E-state index contributed by atoms with van der Waals surface area (Å²) in [4.78, 5) is 0. The third-order valence-electron chi connectivity index (χ3n) is 0.749. The topological polar surface area (TPSA) is 95.4 Å². The first kappa shape index (κ1) is 9.83. The van der Waals surface area contributed by atoms with Gasteiger partial charge in [0, 0.05) is 13.1 Å². The SMILES string of the molecule is NCCOS(=O)(=O)CCN. The van der Waals surface area contributed by atoms with Gasteiger partial charge in [0.15, 0.2) is 0 Å². The van der Waals surface area contributed by atoms with Crippen LogP contribution in [0.25, 0.3) is 0 Å². The zero-order chi connectivity index (χ0) is 8.04. The molecular weight excluding hydrogens is 156 g/mol. The van der Waals surface area contributed by atoms with Crippen molar-refractivity contribution in [2.75, 3.05) is 25.4 Å². The summed E-state index contributed by atoms with van der Waals surface area (Å²) in [5, 5.41) is 0. The molecule has 0 aromatic heterocycles. The molecule has 0 spiro atoms. The standard InChI is InChI=1S/C4H12N2O3S/c5-1-3-9-10(7,8)4-2-6/h1-6H2. The van der Waals surface area contributed by atoms with Crippen molar-refractivity contribution in [1.29, 1.82) is 0 Å². The first-order valence-corrected chi connectivity index (χ1v) is 4.47. The average Bonchev–Trinajstić information content (AvgIpc) is 1.84. The number of nitrogens with two attached hydrogens (primary N) is 2. The van der Waals surface area contributed by atoms with Gasteiger partial charge in [-0.3, -0.25) is 4.18 Å². The van der Waals surface area contributed by atoms with Crippen molar-refractivity contribution in [2.45, 2.75) is 0 Å². The van der Waals surface area contributed by atoms with Gasteiger partial charge in [-0.25, -0.2) is 0 Å². The quantitative estimate of drug-likeness (QED) is 0.475. The van der Waals surface area contributed by atoms with E-state index in [1.165, 1.54) is 0 Å². The highest BCUT2D eigenvalue weighted by molar-refractivity contribution is 7.86. The van der Waals surface area contributed by atoms with Crippen molar-refractivity contribution < 1.29 is 12.6 Å². The van der Waals surface area contributed by atoms with E-state index >= 15 is 0 Å².